The number of nitro benzene ring substituents is 1. The summed E-state index contributed by atoms with van der Waals surface area (Å²) in [4.78, 5) is 22.5. The van der Waals surface area contributed by atoms with Crippen molar-refractivity contribution >= 4 is 33.2 Å². The molecule has 0 unspecified atom stereocenters. The Morgan fingerprint density at radius 3 is 2.56 bits per heavy atom. The van der Waals surface area contributed by atoms with Crippen molar-refractivity contribution in [1.29, 1.82) is 5.26 Å². The van der Waals surface area contributed by atoms with E-state index >= 15 is 0 Å². The largest absolute Gasteiger partial charge is 0.379 e. The smallest absolute Gasteiger partial charge is 0.293 e. The van der Waals surface area contributed by atoms with Crippen LogP contribution in [0.15, 0.2) is 46.9 Å². The van der Waals surface area contributed by atoms with Crippen LogP contribution in [0.1, 0.15) is 22.3 Å². The van der Waals surface area contributed by atoms with Gasteiger partial charge in [-0.15, -0.1) is 0 Å². The van der Waals surface area contributed by atoms with Crippen molar-refractivity contribution in [3.05, 3.63) is 68.2 Å². The fraction of sp³-hybridized carbons (Fsp3) is 0.176. The Bertz CT molecular complexity index is 816. The van der Waals surface area contributed by atoms with E-state index in [0.29, 0.717) is 30.8 Å². The molecular formula is C17H15BrN4O3. The van der Waals surface area contributed by atoms with Crippen molar-refractivity contribution in [3.8, 4) is 6.07 Å². The summed E-state index contributed by atoms with van der Waals surface area (Å²) in [7, 11) is 0. The molecule has 0 saturated carbocycles. The summed E-state index contributed by atoms with van der Waals surface area (Å²) in [5.41, 5.74) is 1.01. The predicted octanol–water partition coefficient (Wildman–Crippen LogP) is 3.46. The number of halogens is 1. The Hall–Kier alpha value is -2.92. The molecule has 0 aromatic heterocycles. The topological polar surface area (TPSA) is 108 Å². The van der Waals surface area contributed by atoms with Crippen molar-refractivity contribution in [2.45, 2.75) is 6.42 Å². The lowest BCUT2D eigenvalue weighted by Crippen LogP contribution is -2.25. The molecule has 0 radical (unpaired) electrons. The molecule has 0 atom stereocenters. The minimum absolute atomic E-state index is 0.141. The molecule has 2 aromatic rings. The van der Waals surface area contributed by atoms with E-state index < -0.39 is 4.92 Å². The van der Waals surface area contributed by atoms with E-state index in [9.17, 15) is 14.9 Å². The van der Waals surface area contributed by atoms with E-state index in [0.717, 1.165) is 4.47 Å². The third-order valence-corrected chi connectivity index (χ3v) is 3.91. The minimum Gasteiger partial charge on any atom is -0.379 e. The number of hydrogen-bond donors (Lipinski definition) is 2. The first-order valence-corrected chi connectivity index (χ1v) is 8.26. The number of nitro groups is 1. The number of nitriles is 1. The molecule has 0 fully saturated rings. The summed E-state index contributed by atoms with van der Waals surface area (Å²) in [6.45, 7) is 0.888. The van der Waals surface area contributed by atoms with Crippen molar-refractivity contribution in [2.75, 3.05) is 18.4 Å². The van der Waals surface area contributed by atoms with Gasteiger partial charge in [0, 0.05) is 29.2 Å². The maximum atomic E-state index is 11.9. The van der Waals surface area contributed by atoms with Gasteiger partial charge in [-0.1, -0.05) is 15.9 Å². The van der Waals surface area contributed by atoms with E-state index in [4.69, 9.17) is 5.26 Å². The lowest BCUT2D eigenvalue weighted by atomic mass is 10.2. The van der Waals surface area contributed by atoms with Crippen LogP contribution in [0, 0.1) is 21.4 Å². The van der Waals surface area contributed by atoms with Gasteiger partial charge < -0.3 is 10.6 Å². The third-order valence-electron chi connectivity index (χ3n) is 3.38. The summed E-state index contributed by atoms with van der Waals surface area (Å²) < 4.78 is 0.900. The molecule has 7 nitrogen and oxygen atoms in total. The molecule has 1 amide bonds. The second-order valence-electron chi connectivity index (χ2n) is 5.14. The van der Waals surface area contributed by atoms with Crippen LogP contribution in [0.2, 0.25) is 0 Å². The first kappa shape index (κ1) is 18.4. The van der Waals surface area contributed by atoms with Crippen LogP contribution in [0.3, 0.4) is 0 Å². The summed E-state index contributed by atoms with van der Waals surface area (Å²) in [6, 6.07) is 13.2. The molecule has 0 saturated heterocycles. The van der Waals surface area contributed by atoms with Gasteiger partial charge in [0.15, 0.2) is 0 Å². The third kappa shape index (κ3) is 5.29. The average Bonchev–Trinajstić information content (AvgIpc) is 2.61. The molecule has 0 aliphatic heterocycles. The minimum atomic E-state index is -0.529. The highest BCUT2D eigenvalue weighted by Crippen LogP contribution is 2.25. The van der Waals surface area contributed by atoms with Crippen LogP contribution in [0.5, 0.6) is 0 Å². The second kappa shape index (κ2) is 8.80. The van der Waals surface area contributed by atoms with Crippen molar-refractivity contribution in [1.82, 2.24) is 5.32 Å². The number of nitrogens with zero attached hydrogens (tertiary/aromatic N) is 2. The number of anilines is 1. The summed E-state index contributed by atoms with van der Waals surface area (Å²) in [6.07, 6.45) is 0.597. The van der Waals surface area contributed by atoms with Crippen LogP contribution >= 0.6 is 15.9 Å². The first-order chi connectivity index (χ1) is 12.0. The van der Waals surface area contributed by atoms with E-state index in [-0.39, 0.29) is 17.2 Å². The van der Waals surface area contributed by atoms with E-state index in [2.05, 4.69) is 26.6 Å². The zero-order valence-corrected chi connectivity index (χ0v) is 14.7. The highest BCUT2D eigenvalue weighted by molar-refractivity contribution is 9.10. The van der Waals surface area contributed by atoms with Gasteiger partial charge in [-0.3, -0.25) is 14.9 Å². The lowest BCUT2D eigenvalue weighted by molar-refractivity contribution is -0.384. The molecule has 8 heteroatoms. The highest BCUT2D eigenvalue weighted by Gasteiger charge is 2.14. The Labute approximate surface area is 152 Å². The molecule has 128 valence electrons. The molecule has 0 aliphatic rings. The molecular weight excluding hydrogens is 388 g/mol. The maximum Gasteiger partial charge on any atom is 0.293 e. The monoisotopic (exact) mass is 402 g/mol. The maximum absolute atomic E-state index is 11.9. The predicted molar refractivity (Wildman–Crippen MR) is 97.4 cm³/mol. The molecule has 0 bridgehead atoms. The van der Waals surface area contributed by atoms with Crippen LogP contribution in [-0.4, -0.2) is 23.9 Å². The van der Waals surface area contributed by atoms with Crippen LogP contribution < -0.4 is 10.6 Å². The number of nitrogens with one attached hydrogen (secondary N) is 2. The summed E-state index contributed by atoms with van der Waals surface area (Å²) in [5, 5.41) is 25.6. The van der Waals surface area contributed by atoms with Crippen LogP contribution in [0.4, 0.5) is 11.4 Å². The molecule has 25 heavy (non-hydrogen) atoms. The molecule has 2 rings (SSSR count). The van der Waals surface area contributed by atoms with Gasteiger partial charge in [0.1, 0.15) is 5.69 Å². The van der Waals surface area contributed by atoms with Gasteiger partial charge in [-0.05, 0) is 42.8 Å². The zero-order valence-electron chi connectivity index (χ0n) is 13.2. The SMILES string of the molecule is N#Cc1ccc(NCCCNC(=O)c2ccc(Br)cc2)c([N+](=O)[O-])c1. The van der Waals surface area contributed by atoms with Crippen LogP contribution in [-0.2, 0) is 0 Å². The number of hydrogen-bond acceptors (Lipinski definition) is 5. The van der Waals surface area contributed by atoms with Gasteiger partial charge in [-0.2, -0.15) is 5.26 Å². The lowest BCUT2D eigenvalue weighted by Gasteiger charge is -2.08. The average molecular weight is 403 g/mol. The Balaban J connectivity index is 1.81. The van der Waals surface area contributed by atoms with Crippen molar-refractivity contribution in [2.24, 2.45) is 0 Å². The highest BCUT2D eigenvalue weighted by atomic mass is 79.9. The van der Waals surface area contributed by atoms with Gasteiger partial charge in [0.05, 0.1) is 16.6 Å². The molecule has 0 heterocycles. The first-order valence-electron chi connectivity index (χ1n) is 7.47. The van der Waals surface area contributed by atoms with Crippen molar-refractivity contribution < 1.29 is 9.72 Å². The van der Waals surface area contributed by atoms with E-state index in [1.165, 1.54) is 18.2 Å². The van der Waals surface area contributed by atoms with Gasteiger partial charge in [0.2, 0.25) is 0 Å². The summed E-state index contributed by atoms with van der Waals surface area (Å²) in [5.74, 6) is -0.170. The second-order valence-corrected chi connectivity index (χ2v) is 6.06. The Morgan fingerprint density at radius 1 is 1.20 bits per heavy atom. The zero-order chi connectivity index (χ0) is 18.2. The molecule has 0 aliphatic carbocycles. The number of benzene rings is 2. The fourth-order valence-corrected chi connectivity index (χ4v) is 2.38. The fourth-order valence-electron chi connectivity index (χ4n) is 2.12. The standard InChI is InChI=1S/C17H15BrN4O3/c18-14-5-3-13(4-6-14)17(23)21-9-1-8-20-15-7-2-12(11-19)10-16(15)22(24)25/h2-7,10,20H,1,8-9H2,(H,21,23). The van der Waals surface area contributed by atoms with Gasteiger partial charge >= 0.3 is 0 Å². The van der Waals surface area contributed by atoms with E-state index in [1.807, 2.05) is 6.07 Å². The van der Waals surface area contributed by atoms with Crippen LogP contribution in [0.25, 0.3) is 0 Å². The molecule has 0 spiro atoms. The number of carbonyl (C=O) groups is 1. The normalized spacial score (nSPS) is 9.92. The molecule has 2 N–H and O–H groups in total. The number of amides is 1. The number of rotatable bonds is 7. The van der Waals surface area contributed by atoms with E-state index in [1.54, 1.807) is 24.3 Å². The Morgan fingerprint density at radius 2 is 1.92 bits per heavy atom. The summed E-state index contributed by atoms with van der Waals surface area (Å²) >= 11 is 3.31. The number of carbonyl (C=O) groups excluding carboxylic acids is 1. The van der Waals surface area contributed by atoms with Crippen molar-refractivity contribution in [3.63, 3.8) is 0 Å². The quantitative estimate of drug-likeness (QED) is 0.418. The molecule has 2 aromatic carbocycles. The van der Waals surface area contributed by atoms with Gasteiger partial charge in [-0.25, -0.2) is 0 Å². The van der Waals surface area contributed by atoms with Gasteiger partial charge in [0.25, 0.3) is 11.6 Å². The Kier molecular flexibility index (Phi) is 6.48.